The van der Waals surface area contributed by atoms with E-state index >= 15 is 0 Å². The number of rotatable bonds is 6. The van der Waals surface area contributed by atoms with Crippen molar-refractivity contribution in [3.05, 3.63) is 70.7 Å². The number of ether oxygens (including phenoxy) is 1. The molecule has 0 N–H and O–H groups in total. The molecule has 0 aromatic heterocycles. The average Bonchev–Trinajstić information content (AvgIpc) is 3.04. The molecule has 3 rings (SSSR count). The van der Waals surface area contributed by atoms with E-state index in [0.29, 0.717) is 28.8 Å². The van der Waals surface area contributed by atoms with Crippen LogP contribution in [0.15, 0.2) is 54.6 Å². The van der Waals surface area contributed by atoms with Gasteiger partial charge in [-0.25, -0.2) is 0 Å². The Kier molecular flexibility index (Phi) is 4.45. The van der Waals surface area contributed by atoms with Crippen molar-refractivity contribution in [1.29, 1.82) is 0 Å². The molecule has 0 amide bonds. The van der Waals surface area contributed by atoms with E-state index in [1.54, 1.807) is 24.3 Å². The zero-order valence-corrected chi connectivity index (χ0v) is 14.8. The predicted octanol–water partition coefficient (Wildman–Crippen LogP) is 5.10. The van der Waals surface area contributed by atoms with Crippen molar-refractivity contribution >= 4 is 11.6 Å². The van der Waals surface area contributed by atoms with Crippen LogP contribution < -0.4 is 0 Å². The van der Waals surface area contributed by atoms with Crippen LogP contribution in [-0.4, -0.2) is 31.1 Å². The van der Waals surface area contributed by atoms with Crippen molar-refractivity contribution in [2.45, 2.75) is 37.8 Å². The zero-order valence-electron chi connectivity index (χ0n) is 17.0. The Labute approximate surface area is 154 Å². The van der Waals surface area contributed by atoms with Gasteiger partial charge >= 0.3 is 0 Å². The van der Waals surface area contributed by atoms with E-state index < -0.39 is 12.5 Å². The summed E-state index contributed by atoms with van der Waals surface area (Å²) < 4.78 is 31.4. The van der Waals surface area contributed by atoms with E-state index in [9.17, 15) is 0 Å². The number of benzene rings is 2. The largest absolute Gasteiger partial charge is 0.366 e. The molecule has 24 heavy (non-hydrogen) atoms. The van der Waals surface area contributed by atoms with E-state index in [1.807, 2.05) is 30.3 Å². The Morgan fingerprint density at radius 1 is 1.17 bits per heavy atom. The van der Waals surface area contributed by atoms with Crippen LogP contribution in [0.1, 0.15) is 41.4 Å². The minimum Gasteiger partial charge on any atom is -0.366 e. The molecule has 1 saturated heterocycles. The molecule has 1 heterocycles. The molecule has 1 aliphatic heterocycles. The summed E-state index contributed by atoms with van der Waals surface area (Å²) in [4.78, 5) is 2.32. The highest BCUT2D eigenvalue weighted by atomic mass is 35.5. The maximum absolute atomic E-state index is 8.36. The van der Waals surface area contributed by atoms with Crippen molar-refractivity contribution in [3.63, 3.8) is 0 Å². The van der Waals surface area contributed by atoms with Crippen LogP contribution >= 0.6 is 11.6 Å². The zero-order chi connectivity index (χ0) is 19.5. The van der Waals surface area contributed by atoms with Crippen LogP contribution in [-0.2, 0) is 10.3 Å². The molecule has 1 fully saturated rings. The summed E-state index contributed by atoms with van der Waals surface area (Å²) in [6.07, 6.45) is 3.13. The minimum atomic E-state index is -2.37. The van der Waals surface area contributed by atoms with Gasteiger partial charge in [0.15, 0.2) is 0 Å². The summed E-state index contributed by atoms with van der Waals surface area (Å²) in [5.74, 6) is 0. The highest BCUT2D eigenvalue weighted by Crippen LogP contribution is 2.34. The topological polar surface area (TPSA) is 12.5 Å². The number of hydrogen-bond acceptors (Lipinski definition) is 2. The first kappa shape index (κ1) is 13.9. The molecule has 2 aromatic carbocycles. The molecule has 1 aliphatic rings. The Balaban J connectivity index is 1.97. The van der Waals surface area contributed by atoms with Gasteiger partial charge in [0.25, 0.3) is 0 Å². The van der Waals surface area contributed by atoms with Gasteiger partial charge in [-0.2, -0.15) is 0 Å². The molecule has 0 aliphatic carbocycles. The fourth-order valence-electron chi connectivity index (χ4n) is 3.38. The molecule has 2 aromatic rings. The number of nitrogens with zero attached hydrogens (tertiary/aromatic N) is 1. The van der Waals surface area contributed by atoms with Crippen LogP contribution in [0.4, 0.5) is 0 Å². The van der Waals surface area contributed by atoms with Crippen LogP contribution in [0.25, 0.3) is 0 Å². The molecule has 0 spiro atoms. The van der Waals surface area contributed by atoms with Gasteiger partial charge in [0.2, 0.25) is 0 Å². The first-order valence-corrected chi connectivity index (χ1v) is 8.88. The molecule has 0 radical (unpaired) electrons. The van der Waals surface area contributed by atoms with E-state index in [0.717, 1.165) is 19.4 Å². The van der Waals surface area contributed by atoms with E-state index in [-0.39, 0.29) is 0 Å². The second kappa shape index (κ2) is 7.69. The summed E-state index contributed by atoms with van der Waals surface area (Å²) >= 11 is 6.04. The third-order valence-electron chi connectivity index (χ3n) is 4.87. The lowest BCUT2D eigenvalue weighted by molar-refractivity contribution is -0.0117. The van der Waals surface area contributed by atoms with E-state index in [1.165, 1.54) is 6.42 Å². The standard InChI is InChI=1S/C21H26ClNO/c1-21(17-7-4-3-5-8-17,18-10-12-19(22)13-11-18)24-16-14-20-9-6-15-23(20)2/h3-5,7-8,10-13,20H,6,9,14-16H2,1-2H3/t20-,21+/m1/s1/i1D3. The highest BCUT2D eigenvalue weighted by molar-refractivity contribution is 6.30. The van der Waals surface area contributed by atoms with Crippen molar-refractivity contribution in [2.24, 2.45) is 0 Å². The highest BCUT2D eigenvalue weighted by Gasteiger charge is 2.30. The summed E-state index contributed by atoms with van der Waals surface area (Å²) in [5.41, 5.74) is -0.291. The Hall–Kier alpha value is -1.35. The van der Waals surface area contributed by atoms with Crippen LogP contribution in [0.5, 0.6) is 0 Å². The van der Waals surface area contributed by atoms with Crippen molar-refractivity contribution in [1.82, 2.24) is 4.90 Å². The maximum atomic E-state index is 8.36. The Morgan fingerprint density at radius 2 is 1.88 bits per heavy atom. The van der Waals surface area contributed by atoms with Crippen LogP contribution in [0.2, 0.25) is 5.02 Å². The van der Waals surface area contributed by atoms with Crippen LogP contribution in [0.3, 0.4) is 0 Å². The fraction of sp³-hybridized carbons (Fsp3) is 0.429. The fourth-order valence-corrected chi connectivity index (χ4v) is 3.51. The van der Waals surface area contributed by atoms with Gasteiger partial charge in [0, 0.05) is 21.8 Å². The summed E-state index contributed by atoms with van der Waals surface area (Å²) in [5, 5.41) is 0.568. The minimum absolute atomic E-state index is 0.380. The van der Waals surface area contributed by atoms with Crippen molar-refractivity contribution in [2.75, 3.05) is 20.2 Å². The van der Waals surface area contributed by atoms with Gasteiger partial charge in [-0.05, 0) is 63.0 Å². The lowest BCUT2D eigenvalue weighted by atomic mass is 9.88. The summed E-state index contributed by atoms with van der Waals surface area (Å²) in [7, 11) is 2.12. The predicted molar refractivity (Wildman–Crippen MR) is 101 cm³/mol. The van der Waals surface area contributed by atoms with Gasteiger partial charge in [0.05, 0.1) is 0 Å². The normalized spacial score (nSPS) is 23.2. The van der Waals surface area contributed by atoms with Crippen LogP contribution in [0, 0.1) is 0 Å². The van der Waals surface area contributed by atoms with E-state index in [4.69, 9.17) is 20.5 Å². The molecular weight excluding hydrogens is 318 g/mol. The van der Waals surface area contributed by atoms with Crippen molar-refractivity contribution in [3.8, 4) is 0 Å². The lowest BCUT2D eigenvalue weighted by Crippen LogP contribution is -2.31. The Morgan fingerprint density at radius 3 is 2.50 bits per heavy atom. The molecular formula is C21H26ClNO. The monoisotopic (exact) mass is 346 g/mol. The van der Waals surface area contributed by atoms with Gasteiger partial charge in [0.1, 0.15) is 5.60 Å². The lowest BCUT2D eigenvalue weighted by Gasteiger charge is -2.32. The molecule has 0 unspecified atom stereocenters. The third kappa shape index (κ3) is 3.83. The SMILES string of the molecule is [2H]C([2H])([2H])[C@](OCC[C@H]1CCCN1C)(c1ccccc1)c1ccc(Cl)cc1. The number of likely N-dealkylation sites (tertiary alicyclic amines) is 1. The molecule has 2 atom stereocenters. The summed E-state index contributed by atoms with van der Waals surface area (Å²) in [6.45, 7) is -0.903. The first-order valence-electron chi connectivity index (χ1n) is 10.0. The van der Waals surface area contributed by atoms with Gasteiger partial charge < -0.3 is 9.64 Å². The maximum Gasteiger partial charge on any atom is 0.115 e. The molecule has 2 nitrogen and oxygen atoms in total. The van der Waals surface area contributed by atoms with E-state index in [2.05, 4.69) is 11.9 Å². The van der Waals surface area contributed by atoms with Gasteiger partial charge in [-0.15, -0.1) is 0 Å². The van der Waals surface area contributed by atoms with Crippen molar-refractivity contribution < 1.29 is 8.85 Å². The first-order chi connectivity index (χ1) is 12.8. The summed E-state index contributed by atoms with van der Waals surface area (Å²) in [6, 6.07) is 16.6. The number of hydrogen-bond donors (Lipinski definition) is 0. The third-order valence-corrected chi connectivity index (χ3v) is 5.12. The second-order valence-corrected chi connectivity index (χ2v) is 6.90. The molecule has 0 bridgehead atoms. The van der Waals surface area contributed by atoms with Gasteiger partial charge in [-0.1, -0.05) is 54.1 Å². The molecule has 128 valence electrons. The smallest absolute Gasteiger partial charge is 0.115 e. The average molecular weight is 347 g/mol. The number of halogens is 1. The molecule has 3 heteroatoms. The Bertz CT molecular complexity index is 735. The quantitative estimate of drug-likeness (QED) is 0.721. The van der Waals surface area contributed by atoms with Gasteiger partial charge in [-0.3, -0.25) is 0 Å². The molecule has 0 saturated carbocycles. The second-order valence-electron chi connectivity index (χ2n) is 6.47.